The highest BCUT2D eigenvalue weighted by molar-refractivity contribution is 7.13. The fourth-order valence-corrected chi connectivity index (χ4v) is 2.49. The van der Waals surface area contributed by atoms with Crippen LogP contribution in [-0.2, 0) is 12.8 Å². The van der Waals surface area contributed by atoms with Gasteiger partial charge in [0.25, 0.3) is 0 Å². The molecule has 0 unspecified atom stereocenters. The molecular formula is C12H20N2O2S. The number of aromatic nitrogens is 1. The van der Waals surface area contributed by atoms with Crippen molar-refractivity contribution in [1.29, 1.82) is 0 Å². The molecule has 0 aromatic carbocycles. The van der Waals surface area contributed by atoms with E-state index in [9.17, 15) is 4.79 Å². The van der Waals surface area contributed by atoms with Gasteiger partial charge < -0.3 is 10.4 Å². The molecule has 2 N–H and O–H groups in total. The maximum atomic E-state index is 11.0. The summed E-state index contributed by atoms with van der Waals surface area (Å²) in [5.41, 5.74) is 0.710. The molecule has 1 aromatic heterocycles. The smallest absolute Gasteiger partial charge is 0.347 e. The molecule has 5 heteroatoms. The van der Waals surface area contributed by atoms with Crippen molar-refractivity contribution in [3.05, 3.63) is 15.6 Å². The molecule has 17 heavy (non-hydrogen) atoms. The predicted molar refractivity (Wildman–Crippen MR) is 69.9 cm³/mol. The third-order valence-electron chi connectivity index (χ3n) is 2.34. The number of aromatic carboxylic acids is 1. The van der Waals surface area contributed by atoms with Crippen molar-refractivity contribution in [3.8, 4) is 0 Å². The molecule has 0 saturated carbocycles. The van der Waals surface area contributed by atoms with Gasteiger partial charge in [-0.15, -0.1) is 11.3 Å². The van der Waals surface area contributed by atoms with Crippen molar-refractivity contribution in [2.75, 3.05) is 13.1 Å². The molecule has 1 rings (SSSR count). The largest absolute Gasteiger partial charge is 0.477 e. The first kappa shape index (κ1) is 14.1. The van der Waals surface area contributed by atoms with E-state index in [1.807, 2.05) is 6.92 Å². The molecule has 1 heterocycles. The van der Waals surface area contributed by atoms with Gasteiger partial charge in [0, 0.05) is 13.0 Å². The van der Waals surface area contributed by atoms with E-state index in [0.29, 0.717) is 22.9 Å². The number of carbonyl (C=O) groups is 1. The van der Waals surface area contributed by atoms with Gasteiger partial charge in [0.15, 0.2) is 0 Å². The van der Waals surface area contributed by atoms with Crippen molar-refractivity contribution >= 4 is 17.3 Å². The van der Waals surface area contributed by atoms with Gasteiger partial charge in [-0.1, -0.05) is 20.8 Å². The summed E-state index contributed by atoms with van der Waals surface area (Å²) in [4.78, 5) is 15.7. The lowest BCUT2D eigenvalue weighted by Crippen LogP contribution is -2.22. The zero-order valence-corrected chi connectivity index (χ0v) is 11.4. The second-order valence-electron chi connectivity index (χ2n) is 4.39. The van der Waals surface area contributed by atoms with Crippen LogP contribution in [0, 0.1) is 5.92 Å². The molecule has 0 spiro atoms. The Hall–Kier alpha value is -0.940. The summed E-state index contributed by atoms with van der Waals surface area (Å²) < 4.78 is 0. The van der Waals surface area contributed by atoms with Crippen LogP contribution in [0.4, 0.5) is 0 Å². The van der Waals surface area contributed by atoms with E-state index in [1.54, 1.807) is 0 Å². The quantitative estimate of drug-likeness (QED) is 0.734. The van der Waals surface area contributed by atoms with E-state index in [-0.39, 0.29) is 0 Å². The zero-order chi connectivity index (χ0) is 12.8. The van der Waals surface area contributed by atoms with E-state index in [4.69, 9.17) is 5.11 Å². The Labute approximate surface area is 106 Å². The second kappa shape index (κ2) is 6.71. The normalized spacial score (nSPS) is 11.1. The average Bonchev–Trinajstić information content (AvgIpc) is 2.67. The number of hydrogen-bond acceptors (Lipinski definition) is 4. The Balaban J connectivity index is 2.51. The summed E-state index contributed by atoms with van der Waals surface area (Å²) in [5.74, 6) is -0.229. The maximum absolute atomic E-state index is 11.0. The van der Waals surface area contributed by atoms with Crippen molar-refractivity contribution in [2.45, 2.75) is 33.6 Å². The number of hydrogen-bond donors (Lipinski definition) is 2. The van der Waals surface area contributed by atoms with Crippen LogP contribution in [0.2, 0.25) is 0 Å². The number of carboxylic acid groups (broad SMARTS) is 1. The lowest BCUT2D eigenvalue weighted by Gasteiger charge is -2.05. The molecule has 1 aromatic rings. The first-order valence-electron chi connectivity index (χ1n) is 5.97. The highest BCUT2D eigenvalue weighted by atomic mass is 32.1. The summed E-state index contributed by atoms with van der Waals surface area (Å²) in [6.45, 7) is 8.09. The van der Waals surface area contributed by atoms with E-state index >= 15 is 0 Å². The number of nitrogens with zero attached hydrogens (tertiary/aromatic N) is 1. The van der Waals surface area contributed by atoms with Gasteiger partial charge in [0.2, 0.25) is 0 Å². The SMILES string of the molecule is CCc1nc(CCNCC(C)C)sc1C(=O)O. The van der Waals surface area contributed by atoms with E-state index in [0.717, 1.165) is 24.5 Å². The van der Waals surface area contributed by atoms with Crippen LogP contribution in [0.1, 0.15) is 41.1 Å². The molecule has 96 valence electrons. The monoisotopic (exact) mass is 256 g/mol. The third kappa shape index (κ3) is 4.44. The first-order chi connectivity index (χ1) is 8.04. The van der Waals surface area contributed by atoms with Gasteiger partial charge >= 0.3 is 5.97 Å². The number of carboxylic acids is 1. The molecule has 0 atom stereocenters. The first-order valence-corrected chi connectivity index (χ1v) is 6.78. The Kier molecular flexibility index (Phi) is 5.58. The van der Waals surface area contributed by atoms with E-state index in [2.05, 4.69) is 24.1 Å². The highest BCUT2D eigenvalue weighted by Gasteiger charge is 2.15. The van der Waals surface area contributed by atoms with Crippen LogP contribution >= 0.6 is 11.3 Å². The van der Waals surface area contributed by atoms with Crippen molar-refractivity contribution in [3.63, 3.8) is 0 Å². The van der Waals surface area contributed by atoms with Crippen molar-refractivity contribution < 1.29 is 9.90 Å². The molecule has 0 aliphatic heterocycles. The van der Waals surface area contributed by atoms with Gasteiger partial charge in [-0.3, -0.25) is 0 Å². The summed E-state index contributed by atoms with van der Waals surface area (Å²) in [7, 11) is 0. The van der Waals surface area contributed by atoms with E-state index < -0.39 is 5.97 Å². The highest BCUT2D eigenvalue weighted by Crippen LogP contribution is 2.19. The maximum Gasteiger partial charge on any atom is 0.347 e. The van der Waals surface area contributed by atoms with Crippen LogP contribution in [0.5, 0.6) is 0 Å². The van der Waals surface area contributed by atoms with Gasteiger partial charge in [-0.2, -0.15) is 0 Å². The van der Waals surface area contributed by atoms with Gasteiger partial charge in [0.05, 0.1) is 10.7 Å². The average molecular weight is 256 g/mol. The Morgan fingerprint density at radius 3 is 2.71 bits per heavy atom. The molecule has 0 aliphatic carbocycles. The predicted octanol–water partition coefficient (Wildman–Crippen LogP) is 2.19. The second-order valence-corrected chi connectivity index (χ2v) is 5.47. The molecular weight excluding hydrogens is 236 g/mol. The number of thiazole rings is 1. The molecule has 0 amide bonds. The van der Waals surface area contributed by atoms with Gasteiger partial charge in [-0.25, -0.2) is 9.78 Å². The Morgan fingerprint density at radius 2 is 2.24 bits per heavy atom. The lowest BCUT2D eigenvalue weighted by atomic mass is 10.2. The molecule has 0 aliphatic rings. The van der Waals surface area contributed by atoms with E-state index in [1.165, 1.54) is 11.3 Å². The topological polar surface area (TPSA) is 62.2 Å². The van der Waals surface area contributed by atoms with Crippen LogP contribution in [0.15, 0.2) is 0 Å². The minimum absolute atomic E-state index is 0.395. The third-order valence-corrected chi connectivity index (χ3v) is 3.48. The minimum atomic E-state index is -0.860. The molecule has 0 bridgehead atoms. The molecule has 0 radical (unpaired) electrons. The summed E-state index contributed by atoms with van der Waals surface area (Å²) in [5, 5.41) is 13.3. The Bertz CT molecular complexity index is 375. The van der Waals surface area contributed by atoms with Gasteiger partial charge in [0.1, 0.15) is 4.88 Å². The summed E-state index contributed by atoms with van der Waals surface area (Å²) in [6, 6.07) is 0. The van der Waals surface area contributed by atoms with Crippen LogP contribution in [-0.4, -0.2) is 29.1 Å². The fourth-order valence-electron chi connectivity index (χ4n) is 1.50. The van der Waals surface area contributed by atoms with Crippen molar-refractivity contribution in [2.24, 2.45) is 5.92 Å². The molecule has 4 nitrogen and oxygen atoms in total. The zero-order valence-electron chi connectivity index (χ0n) is 10.6. The lowest BCUT2D eigenvalue weighted by molar-refractivity contribution is 0.0701. The fraction of sp³-hybridized carbons (Fsp3) is 0.667. The Morgan fingerprint density at radius 1 is 1.53 bits per heavy atom. The summed E-state index contributed by atoms with van der Waals surface area (Å²) in [6.07, 6.45) is 1.48. The number of nitrogens with one attached hydrogen (secondary N) is 1. The van der Waals surface area contributed by atoms with Crippen LogP contribution < -0.4 is 5.32 Å². The summed E-state index contributed by atoms with van der Waals surface area (Å²) >= 11 is 1.30. The minimum Gasteiger partial charge on any atom is -0.477 e. The van der Waals surface area contributed by atoms with Crippen LogP contribution in [0.3, 0.4) is 0 Å². The molecule has 0 fully saturated rings. The van der Waals surface area contributed by atoms with Crippen LogP contribution in [0.25, 0.3) is 0 Å². The van der Waals surface area contributed by atoms with Gasteiger partial charge in [-0.05, 0) is 18.9 Å². The standard InChI is InChI=1S/C12H20N2O2S/c1-4-9-11(12(15)16)17-10(14-9)5-6-13-7-8(2)3/h8,13H,4-7H2,1-3H3,(H,15,16). The number of aryl methyl sites for hydroxylation is 1. The number of rotatable bonds is 7. The van der Waals surface area contributed by atoms with Crippen molar-refractivity contribution in [1.82, 2.24) is 10.3 Å². The molecule has 0 saturated heterocycles.